The highest BCUT2D eigenvalue weighted by atomic mass is 19.1. The van der Waals surface area contributed by atoms with Crippen LogP contribution in [0.4, 0.5) is 4.39 Å². The van der Waals surface area contributed by atoms with Crippen molar-refractivity contribution in [1.82, 2.24) is 0 Å². The van der Waals surface area contributed by atoms with Gasteiger partial charge in [-0.05, 0) is 0 Å². The first kappa shape index (κ1) is 8.37. The Kier molecular flexibility index (Phi) is 2.51. The number of benzene rings is 1. The van der Waals surface area contributed by atoms with Crippen molar-refractivity contribution >= 4 is 11.7 Å². The van der Waals surface area contributed by atoms with Gasteiger partial charge < -0.3 is 0 Å². The Hall–Kier alpha value is -1.73. The highest BCUT2D eigenvalue weighted by Gasteiger charge is 2.11. The minimum Gasteiger partial charge on any atom is -0.285 e. The average molecular weight is 164 g/mol. The van der Waals surface area contributed by atoms with E-state index in [1.165, 1.54) is 12.1 Å². The molecule has 0 bridgehead atoms. The average Bonchev–Trinajstić information content (AvgIpc) is 2.17. The van der Waals surface area contributed by atoms with Crippen molar-refractivity contribution in [2.45, 2.75) is 0 Å². The molecule has 3 heteroatoms. The van der Waals surface area contributed by atoms with Crippen molar-refractivity contribution in [3.05, 3.63) is 41.7 Å². The van der Waals surface area contributed by atoms with E-state index in [0.717, 1.165) is 5.94 Å². The van der Waals surface area contributed by atoms with Crippen LogP contribution in [0.25, 0.3) is 0 Å². The van der Waals surface area contributed by atoms with E-state index in [0.29, 0.717) is 0 Å². The summed E-state index contributed by atoms with van der Waals surface area (Å²) >= 11 is 0. The summed E-state index contributed by atoms with van der Waals surface area (Å²) in [6.07, 6.45) is 0. The number of allylic oxidation sites excluding steroid dienone is 1. The number of Topliss-reactive ketones (excluding diaryl/α,β-unsaturated/α-hetero) is 1. The molecule has 0 atom stereocenters. The Morgan fingerprint density at radius 3 is 2.33 bits per heavy atom. The van der Waals surface area contributed by atoms with Gasteiger partial charge in [-0.25, -0.2) is 4.79 Å². The molecule has 2 nitrogen and oxygen atoms in total. The summed E-state index contributed by atoms with van der Waals surface area (Å²) in [7, 11) is 0. The predicted octanol–water partition coefficient (Wildman–Crippen LogP) is 1.55. The van der Waals surface area contributed by atoms with Gasteiger partial charge >= 0.3 is 0 Å². The minimum absolute atomic E-state index is 0.151. The maximum absolute atomic E-state index is 12.4. The largest absolute Gasteiger partial charge is 0.285 e. The Balaban J connectivity index is 3.02. The molecule has 0 spiro atoms. The third-order valence-electron chi connectivity index (χ3n) is 1.32. The van der Waals surface area contributed by atoms with Crippen LogP contribution in [-0.4, -0.2) is 11.7 Å². The van der Waals surface area contributed by atoms with E-state index in [1.807, 2.05) is 0 Å². The van der Waals surface area contributed by atoms with E-state index in [2.05, 4.69) is 0 Å². The quantitative estimate of drug-likeness (QED) is 0.377. The van der Waals surface area contributed by atoms with Gasteiger partial charge in [0.2, 0.25) is 5.78 Å². The first-order valence-electron chi connectivity index (χ1n) is 3.26. The second-order valence-electron chi connectivity index (χ2n) is 2.11. The molecule has 0 heterocycles. The first-order valence-corrected chi connectivity index (χ1v) is 3.26. The van der Waals surface area contributed by atoms with Crippen LogP contribution in [0.1, 0.15) is 10.4 Å². The van der Waals surface area contributed by atoms with Crippen LogP contribution in [0.5, 0.6) is 0 Å². The monoisotopic (exact) mass is 164 g/mol. The third kappa shape index (κ3) is 1.65. The third-order valence-corrected chi connectivity index (χ3v) is 1.32. The Morgan fingerprint density at radius 2 is 1.83 bits per heavy atom. The molecular weight excluding hydrogens is 159 g/mol. The van der Waals surface area contributed by atoms with Crippen molar-refractivity contribution in [3.8, 4) is 0 Å². The maximum Gasteiger partial charge on any atom is 0.254 e. The zero-order valence-corrected chi connectivity index (χ0v) is 6.08. The Morgan fingerprint density at radius 1 is 1.25 bits per heavy atom. The molecule has 0 radical (unpaired) electrons. The SMILES string of the molecule is O=C=C(F)C(=O)c1ccccc1. The van der Waals surface area contributed by atoms with E-state index in [-0.39, 0.29) is 5.56 Å². The van der Waals surface area contributed by atoms with Gasteiger partial charge in [0.25, 0.3) is 5.83 Å². The van der Waals surface area contributed by atoms with Crippen molar-refractivity contribution < 1.29 is 14.0 Å². The van der Waals surface area contributed by atoms with Crippen molar-refractivity contribution in [1.29, 1.82) is 0 Å². The Bertz CT molecular complexity index is 337. The second-order valence-corrected chi connectivity index (χ2v) is 2.11. The van der Waals surface area contributed by atoms with Crippen molar-refractivity contribution in [2.75, 3.05) is 0 Å². The van der Waals surface area contributed by atoms with E-state index in [4.69, 9.17) is 0 Å². The molecule has 0 aliphatic carbocycles. The molecule has 1 rings (SSSR count). The molecule has 0 aromatic heterocycles. The molecule has 0 N–H and O–H groups in total. The van der Waals surface area contributed by atoms with Crippen LogP contribution in [-0.2, 0) is 4.79 Å². The number of hydrogen-bond acceptors (Lipinski definition) is 2. The van der Waals surface area contributed by atoms with Gasteiger partial charge in [0.05, 0.1) is 0 Å². The van der Waals surface area contributed by atoms with E-state index in [1.54, 1.807) is 18.2 Å². The fraction of sp³-hybridized carbons (Fsp3) is 0. The summed E-state index contributed by atoms with van der Waals surface area (Å²) in [6.45, 7) is 0. The lowest BCUT2D eigenvalue weighted by Crippen LogP contribution is -1.99. The molecule has 0 aliphatic heterocycles. The summed E-state index contributed by atoms with van der Waals surface area (Å²) in [5, 5.41) is 0. The lowest BCUT2D eigenvalue weighted by atomic mass is 10.1. The lowest BCUT2D eigenvalue weighted by molar-refractivity contribution is 0.101. The van der Waals surface area contributed by atoms with Crippen LogP contribution < -0.4 is 0 Å². The maximum atomic E-state index is 12.4. The second kappa shape index (κ2) is 3.60. The molecule has 0 amide bonds. The molecule has 0 saturated carbocycles. The number of rotatable bonds is 2. The number of carbonyl (C=O) groups is 1. The van der Waals surface area contributed by atoms with Crippen LogP contribution in [0, 0.1) is 0 Å². The van der Waals surface area contributed by atoms with Gasteiger partial charge in [0, 0.05) is 5.56 Å². The molecule has 0 aliphatic rings. The predicted molar refractivity (Wildman–Crippen MR) is 41.1 cm³/mol. The van der Waals surface area contributed by atoms with E-state index in [9.17, 15) is 14.0 Å². The van der Waals surface area contributed by atoms with Crippen LogP contribution in [0.15, 0.2) is 36.2 Å². The zero-order valence-electron chi connectivity index (χ0n) is 6.08. The zero-order chi connectivity index (χ0) is 8.97. The highest BCUT2D eigenvalue weighted by Crippen LogP contribution is 2.05. The smallest absolute Gasteiger partial charge is 0.254 e. The molecule has 1 aromatic carbocycles. The number of hydrogen-bond donors (Lipinski definition) is 0. The molecule has 0 unspecified atom stereocenters. The lowest BCUT2D eigenvalue weighted by Gasteiger charge is -1.92. The van der Waals surface area contributed by atoms with Gasteiger partial charge in [0.1, 0.15) is 0 Å². The fourth-order valence-corrected chi connectivity index (χ4v) is 0.763. The normalized spacial score (nSPS) is 8.75. The molecular formula is C9H5FO2. The number of ketones is 1. The van der Waals surface area contributed by atoms with Gasteiger partial charge in [-0.2, -0.15) is 4.39 Å². The standard InChI is InChI=1S/C9H5FO2/c10-8(6-11)9(12)7-4-2-1-3-5-7/h1-5H. The van der Waals surface area contributed by atoms with Gasteiger partial charge in [-0.15, -0.1) is 0 Å². The number of carbonyl (C=O) groups excluding carboxylic acids is 2. The fourth-order valence-electron chi connectivity index (χ4n) is 0.763. The molecule has 0 saturated heterocycles. The molecule has 1 aromatic rings. The topological polar surface area (TPSA) is 34.1 Å². The van der Waals surface area contributed by atoms with Crippen LogP contribution >= 0.6 is 0 Å². The van der Waals surface area contributed by atoms with Gasteiger partial charge in [-0.1, -0.05) is 30.3 Å². The van der Waals surface area contributed by atoms with E-state index < -0.39 is 11.6 Å². The van der Waals surface area contributed by atoms with Gasteiger partial charge in [0.15, 0.2) is 5.94 Å². The van der Waals surface area contributed by atoms with E-state index >= 15 is 0 Å². The van der Waals surface area contributed by atoms with Crippen molar-refractivity contribution in [3.63, 3.8) is 0 Å². The molecule has 60 valence electrons. The molecule has 12 heavy (non-hydrogen) atoms. The summed E-state index contributed by atoms with van der Waals surface area (Å²) in [5.41, 5.74) is 0.151. The summed E-state index contributed by atoms with van der Waals surface area (Å²) in [5.74, 6) is -1.40. The molecule has 0 fully saturated rings. The summed E-state index contributed by atoms with van der Waals surface area (Å²) in [6, 6.07) is 7.73. The summed E-state index contributed by atoms with van der Waals surface area (Å²) < 4.78 is 12.4. The minimum atomic E-state index is -1.39. The van der Waals surface area contributed by atoms with Crippen LogP contribution in [0.2, 0.25) is 0 Å². The summed E-state index contributed by atoms with van der Waals surface area (Å²) in [4.78, 5) is 20.7. The highest BCUT2D eigenvalue weighted by molar-refractivity contribution is 6.11. The number of halogens is 1. The van der Waals surface area contributed by atoms with Crippen molar-refractivity contribution in [2.24, 2.45) is 0 Å². The first-order chi connectivity index (χ1) is 5.75. The van der Waals surface area contributed by atoms with Crippen LogP contribution in [0.3, 0.4) is 0 Å². The van der Waals surface area contributed by atoms with Gasteiger partial charge in [-0.3, -0.25) is 4.79 Å². The Labute approximate surface area is 68.3 Å².